The second-order valence-corrected chi connectivity index (χ2v) is 5.70. The van der Waals surface area contributed by atoms with Crippen molar-refractivity contribution in [2.45, 2.75) is 11.4 Å². The van der Waals surface area contributed by atoms with Crippen LogP contribution in [0, 0.1) is 10.1 Å². The van der Waals surface area contributed by atoms with Crippen LogP contribution in [0.15, 0.2) is 40.2 Å². The van der Waals surface area contributed by atoms with Crippen LogP contribution in [0.3, 0.4) is 0 Å². The molecule has 0 saturated carbocycles. The molecule has 0 aliphatic rings. The van der Waals surface area contributed by atoms with E-state index in [-0.39, 0.29) is 12.2 Å². The molecule has 1 aromatic heterocycles. The molecule has 0 saturated heterocycles. The molecule has 0 bridgehead atoms. The Labute approximate surface area is 141 Å². The average Bonchev–Trinajstić information content (AvgIpc) is 2.55. The van der Waals surface area contributed by atoms with E-state index in [1.165, 1.54) is 18.9 Å². The molecule has 2 N–H and O–H groups in total. The number of nitrogens with zero attached hydrogens (tertiary/aromatic N) is 2. The first-order chi connectivity index (χ1) is 11.4. The predicted octanol–water partition coefficient (Wildman–Crippen LogP) is 1.63. The minimum Gasteiger partial charge on any atom is -0.496 e. The number of nitrogens with two attached hydrogens (primary N) is 1. The van der Waals surface area contributed by atoms with Crippen LogP contribution in [0.1, 0.15) is 15.9 Å². The van der Waals surface area contributed by atoms with Gasteiger partial charge in [0.2, 0.25) is 0 Å². The number of amides is 1. The van der Waals surface area contributed by atoms with E-state index in [0.717, 1.165) is 21.7 Å². The topological polar surface area (TPSA) is 117 Å². The minimum absolute atomic E-state index is 0.0474. The molecule has 126 valence electrons. The zero-order chi connectivity index (χ0) is 17.9. The van der Waals surface area contributed by atoms with Crippen LogP contribution in [0.2, 0.25) is 0 Å². The number of nitro groups is 1. The van der Waals surface area contributed by atoms with Crippen LogP contribution in [0.5, 0.6) is 5.75 Å². The Bertz CT molecular complexity index is 863. The molecule has 1 aromatic carbocycles. The van der Waals surface area contributed by atoms with Crippen molar-refractivity contribution in [1.29, 1.82) is 0 Å². The van der Waals surface area contributed by atoms with Gasteiger partial charge in [0, 0.05) is 11.0 Å². The van der Waals surface area contributed by atoms with E-state index in [9.17, 15) is 19.7 Å². The van der Waals surface area contributed by atoms with Crippen molar-refractivity contribution in [3.63, 3.8) is 0 Å². The maximum absolute atomic E-state index is 12.3. The van der Waals surface area contributed by atoms with Gasteiger partial charge in [0.25, 0.3) is 17.2 Å². The van der Waals surface area contributed by atoms with Crippen LogP contribution in [0.4, 0.5) is 5.69 Å². The van der Waals surface area contributed by atoms with E-state index >= 15 is 0 Å². The summed E-state index contributed by atoms with van der Waals surface area (Å²) >= 11 is 1.51. The van der Waals surface area contributed by atoms with Crippen molar-refractivity contribution in [2.24, 2.45) is 5.73 Å². The fourth-order valence-corrected chi connectivity index (χ4v) is 2.74. The van der Waals surface area contributed by atoms with E-state index in [0.29, 0.717) is 11.3 Å². The number of ether oxygens (including phenoxy) is 1. The third kappa shape index (κ3) is 3.57. The van der Waals surface area contributed by atoms with E-state index in [1.807, 2.05) is 12.3 Å². The van der Waals surface area contributed by atoms with E-state index in [1.54, 1.807) is 12.1 Å². The second kappa shape index (κ2) is 7.18. The van der Waals surface area contributed by atoms with Crippen LogP contribution in [-0.2, 0) is 6.54 Å². The minimum atomic E-state index is -1.01. The molecule has 0 atom stereocenters. The van der Waals surface area contributed by atoms with Gasteiger partial charge in [-0.1, -0.05) is 6.07 Å². The standard InChI is InChI=1S/C15H15N3O5S/c1-23-12-5-9(3-4-13(12)24-2)7-17-8-10(18(21)22)6-11(14(16)19)15(17)20/h3-6,8H,7H2,1-2H3,(H2,16,19). The molecule has 2 aromatic rings. The third-order valence-electron chi connectivity index (χ3n) is 3.35. The Morgan fingerprint density at radius 1 is 1.42 bits per heavy atom. The summed E-state index contributed by atoms with van der Waals surface area (Å²) in [5.41, 5.74) is 4.35. The van der Waals surface area contributed by atoms with Crippen molar-refractivity contribution in [2.75, 3.05) is 13.4 Å². The summed E-state index contributed by atoms with van der Waals surface area (Å²) in [6.07, 6.45) is 2.99. The number of methoxy groups -OCH3 is 1. The number of aromatic nitrogens is 1. The van der Waals surface area contributed by atoms with E-state index < -0.39 is 22.0 Å². The highest BCUT2D eigenvalue weighted by atomic mass is 32.2. The molecule has 2 rings (SSSR count). The zero-order valence-electron chi connectivity index (χ0n) is 13.0. The summed E-state index contributed by atoms with van der Waals surface area (Å²) < 4.78 is 6.37. The van der Waals surface area contributed by atoms with Gasteiger partial charge >= 0.3 is 0 Å². The number of hydrogen-bond acceptors (Lipinski definition) is 6. The second-order valence-electron chi connectivity index (χ2n) is 4.86. The third-order valence-corrected chi connectivity index (χ3v) is 4.13. The first kappa shape index (κ1) is 17.5. The lowest BCUT2D eigenvalue weighted by Gasteiger charge is -2.11. The molecule has 1 heterocycles. The Hall–Kier alpha value is -2.81. The number of thioether (sulfide) groups is 1. The number of carbonyl (C=O) groups is 1. The fourth-order valence-electron chi connectivity index (χ4n) is 2.19. The summed E-state index contributed by atoms with van der Waals surface area (Å²) in [6.45, 7) is 0.0474. The average molecular weight is 349 g/mol. The van der Waals surface area contributed by atoms with Gasteiger partial charge in [-0.2, -0.15) is 0 Å². The van der Waals surface area contributed by atoms with Gasteiger partial charge in [0.15, 0.2) is 0 Å². The van der Waals surface area contributed by atoms with Crippen molar-refractivity contribution in [1.82, 2.24) is 4.57 Å². The van der Waals surface area contributed by atoms with Crippen molar-refractivity contribution in [3.8, 4) is 5.75 Å². The Morgan fingerprint density at radius 3 is 2.67 bits per heavy atom. The number of hydrogen-bond donors (Lipinski definition) is 1. The highest BCUT2D eigenvalue weighted by molar-refractivity contribution is 7.98. The van der Waals surface area contributed by atoms with Gasteiger partial charge < -0.3 is 15.0 Å². The molecule has 0 radical (unpaired) electrons. The fraction of sp³-hybridized carbons (Fsp3) is 0.200. The van der Waals surface area contributed by atoms with Crippen LogP contribution >= 0.6 is 11.8 Å². The van der Waals surface area contributed by atoms with Crippen molar-refractivity contribution in [3.05, 3.63) is 62.1 Å². The molecule has 9 heteroatoms. The summed E-state index contributed by atoms with van der Waals surface area (Å²) in [6, 6.07) is 6.24. The number of rotatable bonds is 6. The highest BCUT2D eigenvalue weighted by Gasteiger charge is 2.17. The van der Waals surface area contributed by atoms with E-state index in [4.69, 9.17) is 10.5 Å². The molecular weight excluding hydrogens is 334 g/mol. The lowest BCUT2D eigenvalue weighted by Crippen LogP contribution is -2.30. The molecule has 8 nitrogen and oxygen atoms in total. The quantitative estimate of drug-likeness (QED) is 0.481. The summed E-state index contributed by atoms with van der Waals surface area (Å²) in [4.78, 5) is 34.9. The summed E-state index contributed by atoms with van der Waals surface area (Å²) in [7, 11) is 1.53. The Kier molecular flexibility index (Phi) is 5.24. The predicted molar refractivity (Wildman–Crippen MR) is 89.8 cm³/mol. The molecular formula is C15H15N3O5S. The van der Waals surface area contributed by atoms with Crippen LogP contribution < -0.4 is 16.0 Å². The first-order valence-electron chi connectivity index (χ1n) is 6.77. The molecule has 0 fully saturated rings. The Morgan fingerprint density at radius 2 is 2.12 bits per heavy atom. The SMILES string of the molecule is COc1cc(Cn2cc([N+](=O)[O-])cc(C(N)=O)c2=O)ccc1SC. The van der Waals surface area contributed by atoms with Gasteiger partial charge in [-0.3, -0.25) is 19.7 Å². The lowest BCUT2D eigenvalue weighted by molar-refractivity contribution is -0.385. The maximum Gasteiger partial charge on any atom is 0.286 e. The number of primary amides is 1. The summed E-state index contributed by atoms with van der Waals surface area (Å²) in [5.74, 6) is -0.374. The van der Waals surface area contributed by atoms with E-state index in [2.05, 4.69) is 0 Å². The van der Waals surface area contributed by atoms with Crippen molar-refractivity contribution >= 4 is 23.4 Å². The molecule has 24 heavy (non-hydrogen) atoms. The van der Waals surface area contributed by atoms with Crippen LogP contribution in [-0.4, -0.2) is 28.8 Å². The number of pyridine rings is 1. The molecule has 0 spiro atoms. The number of benzene rings is 1. The smallest absolute Gasteiger partial charge is 0.286 e. The van der Waals surface area contributed by atoms with Crippen molar-refractivity contribution < 1.29 is 14.5 Å². The monoisotopic (exact) mass is 349 g/mol. The first-order valence-corrected chi connectivity index (χ1v) is 7.99. The largest absolute Gasteiger partial charge is 0.496 e. The normalized spacial score (nSPS) is 10.4. The zero-order valence-corrected chi connectivity index (χ0v) is 13.8. The lowest BCUT2D eigenvalue weighted by atomic mass is 10.2. The van der Waals surface area contributed by atoms with Gasteiger partial charge in [0.05, 0.1) is 24.8 Å². The van der Waals surface area contributed by atoms with Crippen LogP contribution in [0.25, 0.3) is 0 Å². The summed E-state index contributed by atoms with van der Waals surface area (Å²) in [5, 5.41) is 11.0. The van der Waals surface area contributed by atoms with Gasteiger partial charge in [0.1, 0.15) is 11.3 Å². The molecule has 0 aliphatic carbocycles. The molecule has 0 unspecified atom stereocenters. The maximum atomic E-state index is 12.3. The highest BCUT2D eigenvalue weighted by Crippen LogP contribution is 2.28. The molecule has 0 aliphatic heterocycles. The van der Waals surface area contributed by atoms with Gasteiger partial charge in [-0.25, -0.2) is 0 Å². The Balaban J connectivity index is 2.51. The van der Waals surface area contributed by atoms with Gasteiger partial charge in [-0.15, -0.1) is 11.8 Å². The molecule has 1 amide bonds. The number of carbonyl (C=O) groups excluding carboxylic acids is 1. The van der Waals surface area contributed by atoms with Gasteiger partial charge in [-0.05, 0) is 24.0 Å².